The lowest BCUT2D eigenvalue weighted by atomic mass is 10.2. The summed E-state index contributed by atoms with van der Waals surface area (Å²) in [6.45, 7) is 0.549. The smallest absolute Gasteiger partial charge is 0.328 e. The van der Waals surface area contributed by atoms with Gasteiger partial charge in [0, 0.05) is 24.2 Å². The van der Waals surface area contributed by atoms with Gasteiger partial charge in [0.05, 0.1) is 6.61 Å². The molecule has 1 heterocycles. The zero-order valence-corrected chi connectivity index (χ0v) is 12.0. The number of thioether (sulfide) groups is 1. The standard InChI is InChI=1S/C15H14N2O3S/c18-14(19)7-4-12-2-5-13(6-3-12)20-10-11-21-15-16-8-1-9-17-15/h1-9H,10-11H2,(H,18,19). The largest absolute Gasteiger partial charge is 0.493 e. The maximum Gasteiger partial charge on any atom is 0.328 e. The highest BCUT2D eigenvalue weighted by atomic mass is 32.2. The first-order valence-electron chi connectivity index (χ1n) is 6.28. The molecular formula is C15H14N2O3S. The Kier molecular flexibility index (Phi) is 5.78. The fourth-order valence-corrected chi connectivity index (χ4v) is 2.12. The third kappa shape index (κ3) is 5.66. The number of aromatic nitrogens is 2. The van der Waals surface area contributed by atoms with Gasteiger partial charge in [-0.15, -0.1) is 0 Å². The molecule has 0 saturated heterocycles. The van der Waals surface area contributed by atoms with Crippen LogP contribution in [0.3, 0.4) is 0 Å². The summed E-state index contributed by atoms with van der Waals surface area (Å²) in [5.41, 5.74) is 0.816. The van der Waals surface area contributed by atoms with Crippen LogP contribution in [-0.4, -0.2) is 33.4 Å². The maximum absolute atomic E-state index is 10.4. The van der Waals surface area contributed by atoms with Crippen molar-refractivity contribution in [1.82, 2.24) is 9.97 Å². The number of carbonyl (C=O) groups is 1. The summed E-state index contributed by atoms with van der Waals surface area (Å²) in [5, 5.41) is 9.27. The van der Waals surface area contributed by atoms with E-state index in [2.05, 4.69) is 9.97 Å². The van der Waals surface area contributed by atoms with Gasteiger partial charge in [-0.25, -0.2) is 14.8 Å². The number of nitrogens with zero attached hydrogens (tertiary/aromatic N) is 2. The van der Waals surface area contributed by atoms with Crippen LogP contribution < -0.4 is 4.74 Å². The van der Waals surface area contributed by atoms with Crippen molar-refractivity contribution in [3.05, 3.63) is 54.4 Å². The summed E-state index contributed by atoms with van der Waals surface area (Å²) < 4.78 is 5.59. The van der Waals surface area contributed by atoms with Gasteiger partial charge in [-0.2, -0.15) is 0 Å². The molecule has 2 aromatic rings. The summed E-state index contributed by atoms with van der Waals surface area (Å²) in [7, 11) is 0. The fraction of sp³-hybridized carbons (Fsp3) is 0.133. The third-order valence-electron chi connectivity index (χ3n) is 2.42. The van der Waals surface area contributed by atoms with E-state index in [1.807, 2.05) is 24.3 Å². The topological polar surface area (TPSA) is 72.3 Å². The van der Waals surface area contributed by atoms with E-state index < -0.39 is 5.97 Å². The van der Waals surface area contributed by atoms with E-state index in [1.165, 1.54) is 17.8 Å². The highest BCUT2D eigenvalue weighted by molar-refractivity contribution is 7.99. The van der Waals surface area contributed by atoms with E-state index in [0.717, 1.165) is 28.3 Å². The van der Waals surface area contributed by atoms with Crippen molar-refractivity contribution >= 4 is 23.8 Å². The van der Waals surface area contributed by atoms with Crippen molar-refractivity contribution in [2.24, 2.45) is 0 Å². The van der Waals surface area contributed by atoms with Crippen molar-refractivity contribution < 1.29 is 14.6 Å². The number of aliphatic carboxylic acids is 1. The molecule has 0 radical (unpaired) electrons. The monoisotopic (exact) mass is 302 g/mol. The van der Waals surface area contributed by atoms with Gasteiger partial charge in [-0.05, 0) is 29.8 Å². The van der Waals surface area contributed by atoms with Gasteiger partial charge in [-0.3, -0.25) is 0 Å². The van der Waals surface area contributed by atoms with E-state index in [0.29, 0.717) is 6.61 Å². The molecule has 6 heteroatoms. The number of rotatable bonds is 7. The minimum Gasteiger partial charge on any atom is -0.493 e. The summed E-state index contributed by atoms with van der Waals surface area (Å²) in [5.74, 6) is 0.539. The van der Waals surface area contributed by atoms with Crippen LogP contribution in [0, 0.1) is 0 Å². The Morgan fingerprint density at radius 3 is 2.62 bits per heavy atom. The molecule has 108 valence electrons. The normalized spacial score (nSPS) is 10.7. The molecule has 21 heavy (non-hydrogen) atoms. The molecule has 0 spiro atoms. The van der Waals surface area contributed by atoms with E-state index in [4.69, 9.17) is 9.84 Å². The molecule has 0 fully saturated rings. The van der Waals surface area contributed by atoms with Crippen LogP contribution in [-0.2, 0) is 4.79 Å². The Balaban J connectivity index is 1.75. The van der Waals surface area contributed by atoms with E-state index >= 15 is 0 Å². The molecule has 0 bridgehead atoms. The lowest BCUT2D eigenvalue weighted by Gasteiger charge is -2.05. The molecule has 1 aromatic heterocycles. The molecule has 0 amide bonds. The molecule has 1 N–H and O–H groups in total. The first-order chi connectivity index (χ1) is 10.2. The van der Waals surface area contributed by atoms with Crippen LogP contribution in [0.2, 0.25) is 0 Å². The van der Waals surface area contributed by atoms with Crippen molar-refractivity contribution in [3.63, 3.8) is 0 Å². The average molecular weight is 302 g/mol. The Morgan fingerprint density at radius 2 is 1.95 bits per heavy atom. The predicted octanol–water partition coefficient (Wildman–Crippen LogP) is 2.75. The van der Waals surface area contributed by atoms with Gasteiger partial charge in [0.25, 0.3) is 0 Å². The molecule has 2 rings (SSSR count). The number of hydrogen-bond donors (Lipinski definition) is 1. The number of carboxylic acids is 1. The van der Waals surface area contributed by atoms with Gasteiger partial charge in [0.15, 0.2) is 5.16 Å². The molecule has 0 aliphatic rings. The number of benzene rings is 1. The summed E-state index contributed by atoms with van der Waals surface area (Å²) >= 11 is 1.53. The van der Waals surface area contributed by atoms with Crippen molar-refractivity contribution in [3.8, 4) is 5.75 Å². The third-order valence-corrected chi connectivity index (χ3v) is 3.26. The molecular weight excluding hydrogens is 288 g/mol. The number of ether oxygens (including phenoxy) is 1. The van der Waals surface area contributed by atoms with Crippen LogP contribution in [0.1, 0.15) is 5.56 Å². The zero-order valence-electron chi connectivity index (χ0n) is 11.2. The molecule has 0 atom stereocenters. The first-order valence-corrected chi connectivity index (χ1v) is 7.26. The predicted molar refractivity (Wildman–Crippen MR) is 81.4 cm³/mol. The zero-order chi connectivity index (χ0) is 14.9. The Labute approximate surface area is 126 Å². The summed E-state index contributed by atoms with van der Waals surface area (Å²) in [6.07, 6.45) is 6.06. The van der Waals surface area contributed by atoms with Crippen LogP contribution >= 0.6 is 11.8 Å². The van der Waals surface area contributed by atoms with Crippen LogP contribution in [0.5, 0.6) is 5.75 Å². The highest BCUT2D eigenvalue weighted by Gasteiger charge is 1.98. The second-order valence-electron chi connectivity index (χ2n) is 3.97. The average Bonchev–Trinajstić information content (AvgIpc) is 2.52. The molecule has 0 unspecified atom stereocenters. The Hall–Kier alpha value is -2.34. The van der Waals surface area contributed by atoms with Crippen LogP contribution in [0.4, 0.5) is 0 Å². The molecule has 5 nitrogen and oxygen atoms in total. The SMILES string of the molecule is O=C(O)C=Cc1ccc(OCCSc2ncccn2)cc1. The van der Waals surface area contributed by atoms with E-state index in [9.17, 15) is 4.79 Å². The summed E-state index contributed by atoms with van der Waals surface area (Å²) in [6, 6.07) is 9.02. The van der Waals surface area contributed by atoms with Gasteiger partial charge in [0.1, 0.15) is 5.75 Å². The van der Waals surface area contributed by atoms with Crippen LogP contribution in [0.25, 0.3) is 6.08 Å². The van der Waals surface area contributed by atoms with E-state index in [-0.39, 0.29) is 0 Å². The van der Waals surface area contributed by atoms with Crippen molar-refractivity contribution in [2.75, 3.05) is 12.4 Å². The molecule has 1 aromatic carbocycles. The van der Waals surface area contributed by atoms with Crippen LogP contribution in [0.15, 0.2) is 54.0 Å². The van der Waals surface area contributed by atoms with Gasteiger partial charge in [-0.1, -0.05) is 23.9 Å². The lowest BCUT2D eigenvalue weighted by Crippen LogP contribution is -2.00. The maximum atomic E-state index is 10.4. The molecule has 0 saturated carbocycles. The molecule has 0 aliphatic heterocycles. The lowest BCUT2D eigenvalue weighted by molar-refractivity contribution is -0.131. The second-order valence-corrected chi connectivity index (χ2v) is 5.03. The van der Waals surface area contributed by atoms with Gasteiger partial charge < -0.3 is 9.84 Å². The molecule has 0 aliphatic carbocycles. The minimum absolute atomic E-state index is 0.549. The summed E-state index contributed by atoms with van der Waals surface area (Å²) in [4.78, 5) is 18.6. The number of carboxylic acid groups (broad SMARTS) is 1. The highest BCUT2D eigenvalue weighted by Crippen LogP contribution is 2.15. The Morgan fingerprint density at radius 1 is 1.24 bits per heavy atom. The minimum atomic E-state index is -0.963. The van der Waals surface area contributed by atoms with Crippen molar-refractivity contribution in [2.45, 2.75) is 5.16 Å². The second kappa shape index (κ2) is 8.06. The van der Waals surface area contributed by atoms with E-state index in [1.54, 1.807) is 18.5 Å². The van der Waals surface area contributed by atoms with Gasteiger partial charge >= 0.3 is 5.97 Å². The first kappa shape index (κ1) is 15.1. The Bertz CT molecular complexity index is 600. The number of hydrogen-bond acceptors (Lipinski definition) is 5. The van der Waals surface area contributed by atoms with Crippen molar-refractivity contribution in [1.29, 1.82) is 0 Å². The quantitative estimate of drug-likeness (QED) is 0.367. The van der Waals surface area contributed by atoms with Gasteiger partial charge in [0.2, 0.25) is 0 Å². The fourth-order valence-electron chi connectivity index (χ4n) is 1.50.